The Labute approximate surface area is 140 Å². The summed E-state index contributed by atoms with van der Waals surface area (Å²) in [5.41, 5.74) is -0.405. The van der Waals surface area contributed by atoms with Gasteiger partial charge in [-0.2, -0.15) is 13.2 Å². The fourth-order valence-corrected chi connectivity index (χ4v) is 2.09. The summed E-state index contributed by atoms with van der Waals surface area (Å²) < 4.78 is 43.6. The highest BCUT2D eigenvalue weighted by atomic mass is 19.4. The van der Waals surface area contributed by atoms with Crippen LogP contribution in [0.5, 0.6) is 0 Å². The number of carbonyl (C=O) groups excluding carboxylic acids is 1. The van der Waals surface area contributed by atoms with Crippen LogP contribution in [0.1, 0.15) is 49.5 Å². The number of halogens is 3. The predicted octanol–water partition coefficient (Wildman–Crippen LogP) is 5.25. The summed E-state index contributed by atoms with van der Waals surface area (Å²) in [7, 11) is 0. The number of ether oxygens (including phenoxy) is 1. The maximum Gasteiger partial charge on any atom is 0.416 e. The second kappa shape index (κ2) is 8.58. The van der Waals surface area contributed by atoms with E-state index < -0.39 is 23.8 Å². The van der Waals surface area contributed by atoms with Gasteiger partial charge in [0.15, 0.2) is 6.10 Å². The summed E-state index contributed by atoms with van der Waals surface area (Å²) in [6.07, 6.45) is -3.53. The second-order valence-electron chi connectivity index (χ2n) is 5.72. The van der Waals surface area contributed by atoms with Crippen molar-refractivity contribution in [3.63, 3.8) is 0 Å². The molecule has 0 aromatic heterocycles. The van der Waals surface area contributed by atoms with Gasteiger partial charge in [-0.15, -0.1) is 0 Å². The first-order chi connectivity index (χ1) is 11.1. The number of benzene rings is 1. The Morgan fingerprint density at radius 2 is 2.04 bits per heavy atom. The molecule has 130 valence electrons. The summed E-state index contributed by atoms with van der Waals surface area (Å²) in [6, 6.07) is 4.18. The molecule has 1 aromatic rings. The van der Waals surface area contributed by atoms with E-state index in [1.165, 1.54) is 12.1 Å². The van der Waals surface area contributed by atoms with Crippen LogP contribution in [0.2, 0.25) is 0 Å². The highest BCUT2D eigenvalue weighted by Crippen LogP contribution is 2.29. The Balaban J connectivity index is 3.00. The van der Waals surface area contributed by atoms with E-state index in [0.717, 1.165) is 25.0 Å². The molecule has 0 radical (unpaired) electrons. The Kier molecular flexibility index (Phi) is 7.09. The molecule has 2 unspecified atom stereocenters. The Morgan fingerprint density at radius 3 is 2.58 bits per heavy atom. The summed E-state index contributed by atoms with van der Waals surface area (Å²) in [4.78, 5) is 12.2. The van der Waals surface area contributed by atoms with Gasteiger partial charge in [0.25, 0.3) is 0 Å². The van der Waals surface area contributed by atoms with Crippen LogP contribution >= 0.6 is 0 Å². The third-order valence-corrected chi connectivity index (χ3v) is 3.35. The molecule has 0 bridgehead atoms. The van der Waals surface area contributed by atoms with Gasteiger partial charge < -0.3 is 4.74 Å². The minimum atomic E-state index is -4.51. The molecule has 2 nitrogen and oxygen atoms in total. The van der Waals surface area contributed by atoms with Gasteiger partial charge in [-0.25, -0.2) is 4.79 Å². The molecule has 5 heteroatoms. The van der Waals surface area contributed by atoms with Crippen molar-refractivity contribution in [3.8, 4) is 11.8 Å². The van der Waals surface area contributed by atoms with E-state index >= 15 is 0 Å². The van der Waals surface area contributed by atoms with Crippen LogP contribution in [-0.4, -0.2) is 12.1 Å². The van der Waals surface area contributed by atoms with Crippen molar-refractivity contribution in [2.75, 3.05) is 0 Å². The first-order valence-corrected chi connectivity index (χ1v) is 7.70. The molecule has 0 heterocycles. The predicted molar refractivity (Wildman–Crippen MR) is 87.3 cm³/mol. The molecule has 24 heavy (non-hydrogen) atoms. The number of hydrogen-bond acceptors (Lipinski definition) is 2. The van der Waals surface area contributed by atoms with Crippen LogP contribution in [0, 0.1) is 17.8 Å². The van der Waals surface area contributed by atoms with Crippen molar-refractivity contribution >= 4 is 5.97 Å². The molecule has 0 amide bonds. The lowest BCUT2D eigenvalue weighted by Gasteiger charge is -2.19. The van der Waals surface area contributed by atoms with E-state index in [9.17, 15) is 18.0 Å². The first-order valence-electron chi connectivity index (χ1n) is 7.70. The fourth-order valence-electron chi connectivity index (χ4n) is 2.09. The molecule has 0 aliphatic carbocycles. The number of alkyl halides is 3. The zero-order chi connectivity index (χ0) is 18.3. The minimum Gasteiger partial charge on any atom is -0.445 e. The fraction of sp³-hybridized carbons (Fsp3) is 0.421. The summed E-state index contributed by atoms with van der Waals surface area (Å²) in [6.45, 7) is 9.28. The monoisotopic (exact) mass is 338 g/mol. The normalized spacial score (nSPS) is 13.4. The number of rotatable bonds is 5. The Morgan fingerprint density at radius 1 is 1.38 bits per heavy atom. The minimum absolute atomic E-state index is 0.0309. The van der Waals surface area contributed by atoms with Crippen LogP contribution in [0.4, 0.5) is 13.2 Å². The molecule has 0 aliphatic rings. The van der Waals surface area contributed by atoms with Crippen molar-refractivity contribution in [3.05, 3.63) is 47.5 Å². The van der Waals surface area contributed by atoms with Gasteiger partial charge >= 0.3 is 12.1 Å². The first kappa shape index (κ1) is 19.8. The standard InChI is InChI=1S/C19H21F3O2/c1-5-7-14(4)17(11-10-13(2)3)24-18(23)15-8-6-9-16(12-15)19(20,21)22/h6,8-9,12,14,17H,2,5,7H2,1,3-4H3. The van der Waals surface area contributed by atoms with Crippen LogP contribution in [0.25, 0.3) is 0 Å². The highest BCUT2D eigenvalue weighted by Gasteiger charge is 2.31. The maximum absolute atomic E-state index is 12.7. The molecule has 0 saturated heterocycles. The van der Waals surface area contributed by atoms with Crippen molar-refractivity contribution < 1.29 is 22.7 Å². The molecule has 1 rings (SSSR count). The van der Waals surface area contributed by atoms with Gasteiger partial charge in [-0.05, 0) is 37.1 Å². The van der Waals surface area contributed by atoms with E-state index in [-0.39, 0.29) is 11.5 Å². The van der Waals surface area contributed by atoms with Crippen molar-refractivity contribution in [1.29, 1.82) is 0 Å². The molecule has 0 saturated carbocycles. The average Bonchev–Trinajstić information content (AvgIpc) is 2.50. The number of allylic oxidation sites excluding steroid dienone is 1. The van der Waals surface area contributed by atoms with E-state index in [2.05, 4.69) is 18.4 Å². The van der Waals surface area contributed by atoms with Gasteiger partial charge in [-0.1, -0.05) is 44.8 Å². The molecule has 1 aromatic carbocycles. The Hall–Kier alpha value is -2.22. The summed E-state index contributed by atoms with van der Waals surface area (Å²) in [5.74, 6) is 4.76. The summed E-state index contributed by atoms with van der Waals surface area (Å²) in [5, 5.41) is 0. The molecule has 0 fully saturated rings. The molecule has 2 atom stereocenters. The van der Waals surface area contributed by atoms with E-state index in [0.29, 0.717) is 5.57 Å². The third-order valence-electron chi connectivity index (χ3n) is 3.35. The average molecular weight is 338 g/mol. The van der Waals surface area contributed by atoms with Gasteiger partial charge in [-0.3, -0.25) is 0 Å². The summed E-state index contributed by atoms with van der Waals surface area (Å²) >= 11 is 0. The molecule has 0 aliphatic heterocycles. The third kappa shape index (κ3) is 6.11. The lowest BCUT2D eigenvalue weighted by Crippen LogP contribution is -2.24. The van der Waals surface area contributed by atoms with Crippen LogP contribution < -0.4 is 0 Å². The van der Waals surface area contributed by atoms with Crippen LogP contribution in [0.15, 0.2) is 36.4 Å². The Bertz CT molecular complexity index is 651. The van der Waals surface area contributed by atoms with Gasteiger partial charge in [0.1, 0.15) is 0 Å². The number of hydrogen-bond donors (Lipinski definition) is 0. The molecular weight excluding hydrogens is 317 g/mol. The topological polar surface area (TPSA) is 26.3 Å². The van der Waals surface area contributed by atoms with Crippen molar-refractivity contribution in [2.24, 2.45) is 5.92 Å². The van der Waals surface area contributed by atoms with Gasteiger partial charge in [0.2, 0.25) is 0 Å². The highest BCUT2D eigenvalue weighted by molar-refractivity contribution is 5.89. The smallest absolute Gasteiger partial charge is 0.416 e. The van der Waals surface area contributed by atoms with Crippen LogP contribution in [-0.2, 0) is 10.9 Å². The largest absolute Gasteiger partial charge is 0.445 e. The second-order valence-corrected chi connectivity index (χ2v) is 5.72. The molecule has 0 spiro atoms. The van der Waals surface area contributed by atoms with Crippen molar-refractivity contribution in [2.45, 2.75) is 45.9 Å². The number of esters is 1. The zero-order valence-corrected chi connectivity index (χ0v) is 14.0. The zero-order valence-electron chi connectivity index (χ0n) is 14.0. The maximum atomic E-state index is 12.7. The quantitative estimate of drug-likeness (QED) is 0.542. The van der Waals surface area contributed by atoms with Gasteiger partial charge in [0, 0.05) is 5.92 Å². The van der Waals surface area contributed by atoms with Gasteiger partial charge in [0.05, 0.1) is 11.1 Å². The molecule has 0 N–H and O–H groups in total. The van der Waals surface area contributed by atoms with E-state index in [1.54, 1.807) is 6.92 Å². The lowest BCUT2D eigenvalue weighted by atomic mass is 9.99. The van der Waals surface area contributed by atoms with Crippen LogP contribution in [0.3, 0.4) is 0 Å². The van der Waals surface area contributed by atoms with Crippen molar-refractivity contribution in [1.82, 2.24) is 0 Å². The molecular formula is C19H21F3O2. The van der Waals surface area contributed by atoms with E-state index in [4.69, 9.17) is 4.74 Å². The SMILES string of the molecule is C=C(C)C#CC(OC(=O)c1cccc(C(F)(F)F)c1)C(C)CCC. The van der Waals surface area contributed by atoms with E-state index in [1.807, 2.05) is 13.8 Å². The lowest BCUT2D eigenvalue weighted by molar-refractivity contribution is -0.137. The number of carbonyl (C=O) groups is 1.